The second-order valence-corrected chi connectivity index (χ2v) is 3.52. The summed E-state index contributed by atoms with van der Waals surface area (Å²) in [6.07, 6.45) is 4.13. The molecule has 0 amide bonds. The quantitative estimate of drug-likeness (QED) is 0.351. The van der Waals surface area contributed by atoms with Crippen LogP contribution >= 0.6 is 0 Å². The molecule has 4 heteroatoms. The van der Waals surface area contributed by atoms with Gasteiger partial charge in [-0.3, -0.25) is 0 Å². The fourth-order valence-electron chi connectivity index (χ4n) is 0.513. The molecule has 1 heterocycles. The Hall–Kier alpha value is -0.100. The third-order valence-corrected chi connectivity index (χ3v) is 2.10. The van der Waals surface area contributed by atoms with Crippen molar-refractivity contribution in [3.63, 3.8) is 0 Å². The summed E-state index contributed by atoms with van der Waals surface area (Å²) in [5.74, 6) is 0.945. The van der Waals surface area contributed by atoms with Crippen molar-refractivity contribution in [3.05, 3.63) is 18.4 Å². The molecule has 0 aliphatic heterocycles. The average molecular weight is 239 g/mol. The van der Waals surface area contributed by atoms with Gasteiger partial charge in [0, 0.05) is 0 Å². The van der Waals surface area contributed by atoms with Gasteiger partial charge in [0.15, 0.2) is 0 Å². The zero-order valence-corrected chi connectivity index (χ0v) is 7.04. The predicted octanol–water partition coefficient (Wildman–Crippen LogP) is -2.82. The summed E-state index contributed by atoms with van der Waals surface area (Å²) in [6.45, 7) is 0. The van der Waals surface area contributed by atoms with Crippen LogP contribution in [0.25, 0.3) is 0 Å². The number of nitrogens with zero attached hydrogens (tertiary/aromatic N) is 1. The molecule has 1 rings (SSSR count). The van der Waals surface area contributed by atoms with Crippen LogP contribution in [-0.4, -0.2) is 9.41 Å². The molecule has 0 unspecified atom stereocenters. The Morgan fingerprint density at radius 3 is 3.22 bits per heavy atom. The van der Waals surface area contributed by atoms with Crippen LogP contribution in [0.5, 0.6) is 0 Å². The second kappa shape index (κ2) is 3.84. The van der Waals surface area contributed by atoms with Gasteiger partial charge in [0.1, 0.15) is 0 Å². The molecule has 1 aromatic rings. The molecule has 2 N–H and O–H groups in total. The van der Waals surface area contributed by atoms with E-state index in [1.54, 1.807) is 6.20 Å². The number of halogens is 1. The van der Waals surface area contributed by atoms with Gasteiger partial charge in [-0.15, -0.1) is 0 Å². The van der Waals surface area contributed by atoms with E-state index in [1.165, 1.54) is 6.39 Å². The molecule has 1 aromatic heterocycles. The summed E-state index contributed by atoms with van der Waals surface area (Å²) in [7, 11) is 0. The molecule has 0 saturated heterocycles. The Bertz CT molecular complexity index is 152. The second-order valence-electron chi connectivity index (χ2n) is 1.56. The van der Waals surface area contributed by atoms with Gasteiger partial charge in [-0.05, 0) is 0 Å². The van der Waals surface area contributed by atoms with Crippen molar-refractivity contribution in [1.82, 2.24) is 4.98 Å². The Balaban J connectivity index is 2.30. The standard InChI is InChI=1S/C5H8IN2O/c7-6-2-1-5-3-8-4-9-5/h3-4H,1-2,7H2/q-1. The fourth-order valence-corrected chi connectivity index (χ4v) is 1.36. The van der Waals surface area contributed by atoms with E-state index in [4.69, 9.17) is 8.36 Å². The molecule has 9 heavy (non-hydrogen) atoms. The Morgan fingerprint density at radius 2 is 2.67 bits per heavy atom. The molecule has 0 saturated carbocycles. The summed E-state index contributed by atoms with van der Waals surface area (Å²) in [4.78, 5) is 3.78. The van der Waals surface area contributed by atoms with Gasteiger partial charge in [0.2, 0.25) is 0 Å². The molecule has 0 fully saturated rings. The van der Waals surface area contributed by atoms with Gasteiger partial charge in [0.05, 0.1) is 0 Å². The van der Waals surface area contributed by atoms with Gasteiger partial charge in [-0.2, -0.15) is 0 Å². The third-order valence-electron chi connectivity index (χ3n) is 0.933. The monoisotopic (exact) mass is 239 g/mol. The van der Waals surface area contributed by atoms with Crippen molar-refractivity contribution >= 4 is 0 Å². The normalized spacial score (nSPS) is 10.3. The van der Waals surface area contributed by atoms with Crippen molar-refractivity contribution in [2.24, 2.45) is 3.95 Å². The van der Waals surface area contributed by atoms with E-state index in [-0.39, 0.29) is 21.5 Å². The zero-order valence-electron chi connectivity index (χ0n) is 4.88. The minimum atomic E-state index is -0.0870. The van der Waals surface area contributed by atoms with E-state index < -0.39 is 0 Å². The number of nitrogens with two attached hydrogens (primary N) is 1. The van der Waals surface area contributed by atoms with E-state index in [1.807, 2.05) is 0 Å². The maximum atomic E-state index is 5.39. The van der Waals surface area contributed by atoms with Crippen molar-refractivity contribution in [1.29, 1.82) is 0 Å². The van der Waals surface area contributed by atoms with Gasteiger partial charge in [-0.1, -0.05) is 0 Å². The maximum absolute atomic E-state index is 5.39. The Morgan fingerprint density at radius 1 is 1.78 bits per heavy atom. The zero-order chi connectivity index (χ0) is 6.53. The minimum absolute atomic E-state index is 0.0870. The van der Waals surface area contributed by atoms with Crippen LogP contribution in [0.3, 0.4) is 0 Å². The molecule has 52 valence electrons. The molecular formula is C5H8IN2O-. The van der Waals surface area contributed by atoms with Crippen LogP contribution in [0.15, 0.2) is 17.0 Å². The molecule has 3 nitrogen and oxygen atoms in total. The number of rotatable bonds is 3. The van der Waals surface area contributed by atoms with Gasteiger partial charge < -0.3 is 0 Å². The number of aryl methyl sites for hydroxylation is 1. The van der Waals surface area contributed by atoms with E-state index >= 15 is 0 Å². The van der Waals surface area contributed by atoms with Crippen LogP contribution in [0, 0.1) is 0 Å². The molecular weight excluding hydrogens is 231 g/mol. The summed E-state index contributed by atoms with van der Waals surface area (Å²) >= 11 is -0.0870. The summed E-state index contributed by atoms with van der Waals surface area (Å²) in [5, 5.41) is 0. The first-order valence-electron chi connectivity index (χ1n) is 2.58. The third kappa shape index (κ3) is 2.31. The molecule has 0 atom stereocenters. The summed E-state index contributed by atoms with van der Waals surface area (Å²) in [5.41, 5.74) is 0. The van der Waals surface area contributed by atoms with Crippen LogP contribution in [0.2, 0.25) is 0 Å². The molecule has 0 radical (unpaired) electrons. The Kier molecular flexibility index (Phi) is 2.99. The van der Waals surface area contributed by atoms with E-state index in [0.29, 0.717) is 0 Å². The topological polar surface area (TPSA) is 52.0 Å². The van der Waals surface area contributed by atoms with Crippen molar-refractivity contribution in [2.75, 3.05) is 4.43 Å². The number of alkyl halides is 1. The first kappa shape index (κ1) is 7.01. The SMILES string of the molecule is N[I-]CCc1cnco1. The summed E-state index contributed by atoms with van der Waals surface area (Å²) < 4.78 is 11.5. The van der Waals surface area contributed by atoms with Crippen LogP contribution in [0.4, 0.5) is 0 Å². The number of hydrogen-bond acceptors (Lipinski definition) is 3. The van der Waals surface area contributed by atoms with Crippen LogP contribution < -0.4 is 25.4 Å². The van der Waals surface area contributed by atoms with Gasteiger partial charge in [-0.25, -0.2) is 0 Å². The van der Waals surface area contributed by atoms with Crippen molar-refractivity contribution in [2.45, 2.75) is 6.42 Å². The van der Waals surface area contributed by atoms with Gasteiger partial charge >= 0.3 is 64.0 Å². The predicted molar refractivity (Wildman–Crippen MR) is 29.3 cm³/mol. The molecule has 0 spiro atoms. The van der Waals surface area contributed by atoms with Crippen molar-refractivity contribution < 1.29 is 25.9 Å². The molecule has 0 aromatic carbocycles. The Labute approximate surface area is 64.3 Å². The van der Waals surface area contributed by atoms with Crippen LogP contribution in [0.1, 0.15) is 5.76 Å². The molecule has 0 bridgehead atoms. The summed E-state index contributed by atoms with van der Waals surface area (Å²) in [6, 6.07) is 0. The average Bonchev–Trinajstić information content (AvgIpc) is 2.34. The molecule has 0 aliphatic rings. The van der Waals surface area contributed by atoms with E-state index in [0.717, 1.165) is 16.6 Å². The van der Waals surface area contributed by atoms with Crippen molar-refractivity contribution in [3.8, 4) is 0 Å². The first-order valence-corrected chi connectivity index (χ1v) is 5.36. The van der Waals surface area contributed by atoms with Crippen LogP contribution in [-0.2, 0) is 6.42 Å². The van der Waals surface area contributed by atoms with E-state index in [9.17, 15) is 0 Å². The van der Waals surface area contributed by atoms with E-state index in [2.05, 4.69) is 4.98 Å². The number of oxazole rings is 1. The first-order chi connectivity index (χ1) is 4.43. The van der Waals surface area contributed by atoms with Gasteiger partial charge in [0.25, 0.3) is 0 Å². The fraction of sp³-hybridized carbons (Fsp3) is 0.400. The number of aromatic nitrogens is 1. The number of hydrogen-bond donors (Lipinski definition) is 1. The molecule has 0 aliphatic carbocycles.